The molecule has 0 saturated carbocycles. The molecule has 0 radical (unpaired) electrons. The third-order valence-corrected chi connectivity index (χ3v) is 3.50. The van der Waals surface area contributed by atoms with Gasteiger partial charge in [0.15, 0.2) is 6.29 Å². The molecule has 0 spiro atoms. The first kappa shape index (κ1) is 20.2. The Labute approximate surface area is 131 Å². The van der Waals surface area contributed by atoms with Crippen LogP contribution in [0.25, 0.3) is 0 Å². The third-order valence-electron chi connectivity index (χ3n) is 3.50. The average molecular weight is 341 g/mol. The summed E-state index contributed by atoms with van der Waals surface area (Å²) in [7, 11) is 0. The van der Waals surface area contributed by atoms with Crippen molar-refractivity contribution >= 4 is 5.91 Å². The maximum absolute atomic E-state index is 10.9. The first-order valence-electron chi connectivity index (χ1n) is 6.94. The monoisotopic (exact) mass is 341 g/mol. The minimum absolute atomic E-state index is 0.598. The Balaban J connectivity index is 2.86. The van der Waals surface area contributed by atoms with E-state index in [1.165, 1.54) is 0 Å². The van der Waals surface area contributed by atoms with Crippen molar-refractivity contribution in [1.82, 2.24) is 0 Å². The van der Waals surface area contributed by atoms with Crippen LogP contribution < -0.4 is 5.73 Å². The summed E-state index contributed by atoms with van der Waals surface area (Å²) in [5.41, 5.74) is 4.93. The molecule has 11 heteroatoms. The van der Waals surface area contributed by atoms with E-state index in [0.717, 1.165) is 0 Å². The van der Waals surface area contributed by atoms with Crippen molar-refractivity contribution < 1.29 is 50.0 Å². The van der Waals surface area contributed by atoms with Gasteiger partial charge >= 0.3 is 0 Å². The molecule has 1 rings (SSSR count). The highest BCUT2D eigenvalue weighted by Crippen LogP contribution is 2.24. The quantitative estimate of drug-likeness (QED) is 0.211. The standard InChI is InChI=1S/C12H23NO10/c13-7(18)1-4(16)11(5(17)2-14)23-12-10(21)9(20)8(19)6(3-15)22-12/h4-6,8-12,14-17,19-21H,1-3H2,(H2,13,18)/t4-,5-,6-,8+,9+,10-,11?,12+/m1/s1. The second kappa shape index (κ2) is 8.82. The molecule has 0 aromatic rings. The summed E-state index contributed by atoms with van der Waals surface area (Å²) in [4.78, 5) is 10.9. The molecule has 0 aromatic carbocycles. The van der Waals surface area contributed by atoms with E-state index < -0.39 is 74.6 Å². The second-order valence-corrected chi connectivity index (χ2v) is 5.29. The molecule has 1 amide bonds. The molecular formula is C12H23NO10. The van der Waals surface area contributed by atoms with Crippen LogP contribution in [-0.2, 0) is 14.3 Å². The fraction of sp³-hybridized carbons (Fsp3) is 0.917. The lowest BCUT2D eigenvalue weighted by Crippen LogP contribution is -2.61. The number of carbonyl (C=O) groups is 1. The molecule has 11 nitrogen and oxygen atoms in total. The Bertz CT molecular complexity index is 381. The fourth-order valence-electron chi connectivity index (χ4n) is 2.20. The molecule has 1 aliphatic heterocycles. The normalized spacial score (nSPS) is 35.5. The maximum atomic E-state index is 10.9. The average Bonchev–Trinajstić information content (AvgIpc) is 2.50. The summed E-state index contributed by atoms with van der Waals surface area (Å²) < 4.78 is 10.2. The van der Waals surface area contributed by atoms with E-state index in [1.807, 2.05) is 0 Å². The largest absolute Gasteiger partial charge is 0.394 e. The number of nitrogens with two attached hydrogens (primary N) is 1. The zero-order valence-electron chi connectivity index (χ0n) is 12.2. The van der Waals surface area contributed by atoms with Gasteiger partial charge in [-0.15, -0.1) is 0 Å². The summed E-state index contributed by atoms with van der Waals surface area (Å²) in [6.45, 7) is -1.53. The molecule has 1 unspecified atom stereocenters. The molecule has 1 saturated heterocycles. The summed E-state index contributed by atoms with van der Waals surface area (Å²) in [5, 5.41) is 66.7. The zero-order valence-corrected chi connectivity index (χ0v) is 12.2. The van der Waals surface area contributed by atoms with Crippen LogP contribution in [0.1, 0.15) is 6.42 Å². The number of ether oxygens (including phenoxy) is 2. The first-order chi connectivity index (χ1) is 10.7. The van der Waals surface area contributed by atoms with Gasteiger partial charge in [0.2, 0.25) is 5.91 Å². The van der Waals surface area contributed by atoms with Crippen molar-refractivity contribution in [1.29, 1.82) is 0 Å². The number of hydrogen-bond acceptors (Lipinski definition) is 10. The zero-order chi connectivity index (χ0) is 17.7. The van der Waals surface area contributed by atoms with Crippen molar-refractivity contribution in [2.45, 2.75) is 55.4 Å². The highest BCUT2D eigenvalue weighted by atomic mass is 16.7. The summed E-state index contributed by atoms with van der Waals surface area (Å²) in [5.74, 6) is -0.898. The topological polar surface area (TPSA) is 203 Å². The molecule has 8 atom stereocenters. The lowest BCUT2D eigenvalue weighted by Gasteiger charge is -2.41. The summed E-state index contributed by atoms with van der Waals surface area (Å²) in [6.07, 6.45) is -13.4. The molecule has 0 aliphatic carbocycles. The number of primary amides is 1. The Morgan fingerprint density at radius 2 is 1.70 bits per heavy atom. The van der Waals surface area contributed by atoms with Crippen LogP contribution >= 0.6 is 0 Å². The SMILES string of the molecule is NC(=O)C[C@@H](O)C(O[C@@H]1O[C@H](CO)[C@H](O)[C@H](O)[C@H]1O)[C@H](O)CO. The molecular weight excluding hydrogens is 318 g/mol. The smallest absolute Gasteiger partial charge is 0.220 e. The molecule has 9 N–H and O–H groups in total. The minimum atomic E-state index is -1.76. The van der Waals surface area contributed by atoms with Crippen molar-refractivity contribution in [3.05, 3.63) is 0 Å². The first-order valence-corrected chi connectivity index (χ1v) is 6.94. The number of carbonyl (C=O) groups excluding carboxylic acids is 1. The Hall–Kier alpha value is -0.890. The van der Waals surface area contributed by atoms with Gasteiger partial charge in [-0.25, -0.2) is 0 Å². The maximum Gasteiger partial charge on any atom is 0.220 e. The molecule has 23 heavy (non-hydrogen) atoms. The van der Waals surface area contributed by atoms with Gasteiger partial charge in [0.1, 0.15) is 36.6 Å². The number of rotatable bonds is 8. The van der Waals surface area contributed by atoms with Gasteiger partial charge in [-0.05, 0) is 0 Å². The predicted octanol–water partition coefficient (Wildman–Crippen LogP) is -5.24. The van der Waals surface area contributed by atoms with Crippen LogP contribution in [0.4, 0.5) is 0 Å². The van der Waals surface area contributed by atoms with Gasteiger partial charge in [0.25, 0.3) is 0 Å². The summed E-state index contributed by atoms with van der Waals surface area (Å²) >= 11 is 0. The van der Waals surface area contributed by atoms with Crippen LogP contribution in [0.3, 0.4) is 0 Å². The van der Waals surface area contributed by atoms with E-state index in [-0.39, 0.29) is 0 Å². The molecule has 136 valence electrons. The van der Waals surface area contributed by atoms with Crippen LogP contribution in [0.2, 0.25) is 0 Å². The lowest BCUT2D eigenvalue weighted by molar-refractivity contribution is -0.324. The van der Waals surface area contributed by atoms with Crippen LogP contribution in [0, 0.1) is 0 Å². The van der Waals surface area contributed by atoms with Gasteiger partial charge in [-0.2, -0.15) is 0 Å². The number of hydrogen-bond donors (Lipinski definition) is 8. The van der Waals surface area contributed by atoms with Gasteiger partial charge < -0.3 is 51.0 Å². The van der Waals surface area contributed by atoms with Gasteiger partial charge in [0.05, 0.1) is 25.7 Å². The molecule has 1 aliphatic rings. The third kappa shape index (κ3) is 5.04. The second-order valence-electron chi connectivity index (χ2n) is 5.29. The lowest BCUT2D eigenvalue weighted by atomic mass is 9.98. The van der Waals surface area contributed by atoms with Crippen molar-refractivity contribution in [2.24, 2.45) is 5.73 Å². The van der Waals surface area contributed by atoms with Gasteiger partial charge in [0, 0.05) is 0 Å². The molecule has 0 aromatic heterocycles. The highest BCUT2D eigenvalue weighted by molar-refractivity contribution is 5.74. The molecule has 0 bridgehead atoms. The number of aliphatic hydroxyl groups excluding tert-OH is 7. The summed E-state index contributed by atoms with van der Waals surface area (Å²) in [6, 6.07) is 0. The Morgan fingerprint density at radius 1 is 1.09 bits per heavy atom. The van der Waals surface area contributed by atoms with E-state index in [1.54, 1.807) is 0 Å². The van der Waals surface area contributed by atoms with Crippen molar-refractivity contribution in [3.8, 4) is 0 Å². The number of amides is 1. The Morgan fingerprint density at radius 3 is 2.17 bits per heavy atom. The highest BCUT2D eigenvalue weighted by Gasteiger charge is 2.46. The fourth-order valence-corrected chi connectivity index (χ4v) is 2.20. The van der Waals surface area contributed by atoms with E-state index >= 15 is 0 Å². The van der Waals surface area contributed by atoms with Crippen molar-refractivity contribution in [3.63, 3.8) is 0 Å². The van der Waals surface area contributed by atoms with E-state index in [2.05, 4.69) is 0 Å². The van der Waals surface area contributed by atoms with Crippen molar-refractivity contribution in [2.75, 3.05) is 13.2 Å². The van der Waals surface area contributed by atoms with Crippen LogP contribution in [-0.4, -0.2) is 104 Å². The van der Waals surface area contributed by atoms with E-state index in [4.69, 9.17) is 25.4 Å². The molecule has 1 heterocycles. The van der Waals surface area contributed by atoms with Gasteiger partial charge in [-0.3, -0.25) is 4.79 Å². The van der Waals surface area contributed by atoms with E-state index in [9.17, 15) is 30.3 Å². The predicted molar refractivity (Wildman–Crippen MR) is 71.6 cm³/mol. The van der Waals surface area contributed by atoms with Crippen LogP contribution in [0.15, 0.2) is 0 Å². The van der Waals surface area contributed by atoms with E-state index in [0.29, 0.717) is 0 Å². The molecule has 1 fully saturated rings. The minimum Gasteiger partial charge on any atom is -0.394 e. The number of aliphatic hydroxyl groups is 7. The van der Waals surface area contributed by atoms with Gasteiger partial charge in [-0.1, -0.05) is 0 Å². The Kier molecular flexibility index (Phi) is 7.73. The van der Waals surface area contributed by atoms with Crippen LogP contribution in [0.5, 0.6) is 0 Å².